The Morgan fingerprint density at radius 1 is 1.21 bits per heavy atom. The minimum absolute atomic E-state index is 0.103. The predicted molar refractivity (Wildman–Crippen MR) is 104 cm³/mol. The van der Waals surface area contributed by atoms with Crippen LogP contribution in [-0.2, 0) is 11.2 Å². The molecule has 1 aliphatic heterocycles. The first-order valence-electron chi connectivity index (χ1n) is 8.57. The molecule has 28 heavy (non-hydrogen) atoms. The maximum absolute atomic E-state index is 13.4. The Hall–Kier alpha value is -3.25. The fourth-order valence-corrected chi connectivity index (χ4v) is 3.70. The molecule has 2 heterocycles. The number of ketones is 1. The van der Waals surface area contributed by atoms with Gasteiger partial charge in [-0.15, -0.1) is 11.3 Å². The summed E-state index contributed by atoms with van der Waals surface area (Å²) in [7, 11) is 0. The zero-order chi connectivity index (χ0) is 19.7. The van der Waals surface area contributed by atoms with Gasteiger partial charge in [-0.1, -0.05) is 18.2 Å². The zero-order valence-corrected chi connectivity index (χ0v) is 15.7. The third-order valence-electron chi connectivity index (χ3n) is 4.22. The standard InChI is InChI=1S/C22H15FO4S/c1-13-8-16(26-20(24)12-17-6-3-7-28-17)11-18-21(13)22(25)19(27-18)10-14-4-2-5-15(23)9-14/h2-11H,12H2,1H3/b19-10-. The van der Waals surface area contributed by atoms with E-state index in [1.807, 2.05) is 17.5 Å². The number of Topliss-reactive ketones (excluding diaryl/α,β-unsaturated/α-hetero) is 1. The van der Waals surface area contributed by atoms with Crippen LogP contribution in [0.25, 0.3) is 6.08 Å². The summed E-state index contributed by atoms with van der Waals surface area (Å²) in [6.07, 6.45) is 1.67. The molecule has 0 spiro atoms. The molecule has 4 nitrogen and oxygen atoms in total. The molecule has 0 unspecified atom stereocenters. The highest BCUT2D eigenvalue weighted by Crippen LogP contribution is 2.37. The van der Waals surface area contributed by atoms with E-state index >= 15 is 0 Å². The van der Waals surface area contributed by atoms with Gasteiger partial charge < -0.3 is 9.47 Å². The van der Waals surface area contributed by atoms with Crippen LogP contribution in [0.1, 0.15) is 26.4 Å². The lowest BCUT2D eigenvalue weighted by molar-refractivity contribution is -0.133. The van der Waals surface area contributed by atoms with Crippen LogP contribution in [-0.4, -0.2) is 11.8 Å². The lowest BCUT2D eigenvalue weighted by Crippen LogP contribution is -2.10. The van der Waals surface area contributed by atoms with Gasteiger partial charge in [0.1, 0.15) is 17.3 Å². The monoisotopic (exact) mass is 394 g/mol. The molecular weight excluding hydrogens is 379 g/mol. The van der Waals surface area contributed by atoms with Crippen molar-refractivity contribution in [2.45, 2.75) is 13.3 Å². The first-order chi connectivity index (χ1) is 13.5. The number of fused-ring (bicyclic) bond motifs is 1. The lowest BCUT2D eigenvalue weighted by Gasteiger charge is -2.07. The molecule has 0 aliphatic carbocycles. The van der Waals surface area contributed by atoms with Crippen molar-refractivity contribution in [3.63, 3.8) is 0 Å². The summed E-state index contributed by atoms with van der Waals surface area (Å²) in [5, 5.41) is 1.90. The molecule has 0 bridgehead atoms. The second-order valence-electron chi connectivity index (χ2n) is 6.34. The van der Waals surface area contributed by atoms with Gasteiger partial charge in [0, 0.05) is 10.9 Å². The smallest absolute Gasteiger partial charge is 0.316 e. The number of aryl methyl sites for hydroxylation is 1. The Balaban J connectivity index is 1.57. The number of carbonyl (C=O) groups is 2. The maximum Gasteiger partial charge on any atom is 0.316 e. The van der Waals surface area contributed by atoms with Crippen LogP contribution in [0.4, 0.5) is 4.39 Å². The van der Waals surface area contributed by atoms with Crippen molar-refractivity contribution < 1.29 is 23.5 Å². The SMILES string of the molecule is Cc1cc(OC(=O)Cc2cccs2)cc2c1C(=O)/C(=C/c1cccc(F)c1)O2. The molecule has 3 aromatic rings. The van der Waals surface area contributed by atoms with Crippen molar-refractivity contribution in [3.05, 3.63) is 87.1 Å². The molecule has 0 fully saturated rings. The van der Waals surface area contributed by atoms with E-state index in [1.54, 1.807) is 25.1 Å². The second kappa shape index (κ2) is 7.40. The summed E-state index contributed by atoms with van der Waals surface area (Å²) < 4.78 is 24.4. The summed E-state index contributed by atoms with van der Waals surface area (Å²) in [4.78, 5) is 25.7. The predicted octanol–water partition coefficient (Wildman–Crippen LogP) is 4.96. The van der Waals surface area contributed by atoms with Crippen LogP contribution < -0.4 is 9.47 Å². The Labute approximate surface area is 164 Å². The Bertz CT molecular complexity index is 1100. The number of carbonyl (C=O) groups excluding carboxylic acids is 2. The van der Waals surface area contributed by atoms with E-state index in [4.69, 9.17) is 9.47 Å². The second-order valence-corrected chi connectivity index (χ2v) is 7.37. The van der Waals surface area contributed by atoms with Gasteiger partial charge in [0.2, 0.25) is 5.78 Å². The van der Waals surface area contributed by atoms with E-state index in [0.29, 0.717) is 28.2 Å². The third kappa shape index (κ3) is 3.73. The van der Waals surface area contributed by atoms with Crippen molar-refractivity contribution in [3.8, 4) is 11.5 Å². The van der Waals surface area contributed by atoms with E-state index in [2.05, 4.69) is 0 Å². The van der Waals surface area contributed by atoms with Crippen LogP contribution in [0, 0.1) is 12.7 Å². The molecular formula is C22H15FO4S. The summed E-state index contributed by atoms with van der Waals surface area (Å²) in [5.74, 6) is -0.321. The first kappa shape index (κ1) is 18.1. The number of esters is 1. The van der Waals surface area contributed by atoms with Gasteiger partial charge in [-0.05, 0) is 53.8 Å². The van der Waals surface area contributed by atoms with Crippen molar-refractivity contribution in [1.29, 1.82) is 0 Å². The molecule has 0 radical (unpaired) electrons. The molecule has 1 aromatic heterocycles. The summed E-state index contributed by atoms with van der Waals surface area (Å²) in [6.45, 7) is 1.75. The number of hydrogen-bond acceptors (Lipinski definition) is 5. The van der Waals surface area contributed by atoms with E-state index in [-0.39, 0.29) is 23.9 Å². The largest absolute Gasteiger partial charge is 0.452 e. The Kier molecular flexibility index (Phi) is 4.79. The lowest BCUT2D eigenvalue weighted by atomic mass is 10.0. The molecule has 1 aliphatic rings. The van der Waals surface area contributed by atoms with Gasteiger partial charge in [-0.2, -0.15) is 0 Å². The van der Waals surface area contributed by atoms with Crippen LogP contribution >= 0.6 is 11.3 Å². The molecule has 4 rings (SSSR count). The van der Waals surface area contributed by atoms with Crippen LogP contribution in [0.5, 0.6) is 11.5 Å². The van der Waals surface area contributed by atoms with Crippen molar-refractivity contribution in [2.75, 3.05) is 0 Å². The average molecular weight is 394 g/mol. The highest BCUT2D eigenvalue weighted by Gasteiger charge is 2.30. The van der Waals surface area contributed by atoms with Gasteiger partial charge >= 0.3 is 5.97 Å². The van der Waals surface area contributed by atoms with Crippen molar-refractivity contribution in [2.24, 2.45) is 0 Å². The van der Waals surface area contributed by atoms with E-state index in [9.17, 15) is 14.0 Å². The van der Waals surface area contributed by atoms with Crippen LogP contribution in [0.15, 0.2) is 59.7 Å². The number of rotatable bonds is 4. The summed E-state index contributed by atoms with van der Waals surface area (Å²) in [5.41, 5.74) is 1.58. The minimum Gasteiger partial charge on any atom is -0.452 e. The topological polar surface area (TPSA) is 52.6 Å². The maximum atomic E-state index is 13.4. The number of allylic oxidation sites excluding steroid dienone is 1. The van der Waals surface area contributed by atoms with Gasteiger partial charge in [0.25, 0.3) is 0 Å². The third-order valence-corrected chi connectivity index (χ3v) is 5.10. The van der Waals surface area contributed by atoms with Gasteiger partial charge in [-0.25, -0.2) is 4.39 Å². The Morgan fingerprint density at radius 3 is 2.82 bits per heavy atom. The number of thiophene rings is 1. The van der Waals surface area contributed by atoms with Gasteiger partial charge in [0.05, 0.1) is 12.0 Å². The first-order valence-corrected chi connectivity index (χ1v) is 9.45. The fourth-order valence-electron chi connectivity index (χ4n) is 3.01. The molecule has 0 atom stereocenters. The molecule has 0 N–H and O–H groups in total. The van der Waals surface area contributed by atoms with Gasteiger partial charge in [-0.3, -0.25) is 9.59 Å². The zero-order valence-electron chi connectivity index (χ0n) is 14.9. The summed E-state index contributed by atoms with van der Waals surface area (Å²) >= 11 is 1.48. The fraction of sp³-hybridized carbons (Fsp3) is 0.0909. The molecule has 2 aromatic carbocycles. The minimum atomic E-state index is -0.395. The van der Waals surface area contributed by atoms with Crippen LogP contribution in [0.2, 0.25) is 0 Å². The van der Waals surface area contributed by atoms with Gasteiger partial charge in [0.15, 0.2) is 5.76 Å². The number of hydrogen-bond donors (Lipinski definition) is 0. The molecule has 140 valence electrons. The normalized spacial score (nSPS) is 14.1. The van der Waals surface area contributed by atoms with E-state index in [0.717, 1.165) is 4.88 Å². The van der Waals surface area contributed by atoms with E-state index in [1.165, 1.54) is 35.6 Å². The van der Waals surface area contributed by atoms with E-state index < -0.39 is 5.82 Å². The molecule has 0 amide bonds. The number of halogens is 1. The number of ether oxygens (including phenoxy) is 2. The Morgan fingerprint density at radius 2 is 2.07 bits per heavy atom. The quantitative estimate of drug-likeness (QED) is 0.357. The molecule has 6 heteroatoms. The van der Waals surface area contributed by atoms with Crippen molar-refractivity contribution in [1.82, 2.24) is 0 Å². The van der Waals surface area contributed by atoms with Crippen molar-refractivity contribution >= 4 is 29.2 Å². The number of benzene rings is 2. The van der Waals surface area contributed by atoms with Crippen LogP contribution in [0.3, 0.4) is 0 Å². The highest BCUT2D eigenvalue weighted by atomic mass is 32.1. The average Bonchev–Trinajstić information content (AvgIpc) is 3.23. The highest BCUT2D eigenvalue weighted by molar-refractivity contribution is 7.10. The summed E-state index contributed by atoms with van der Waals surface area (Å²) in [6, 6.07) is 12.8. The molecule has 0 saturated heterocycles. The molecule has 0 saturated carbocycles.